The summed E-state index contributed by atoms with van der Waals surface area (Å²) in [5, 5.41) is 0. The van der Waals surface area contributed by atoms with Gasteiger partial charge >= 0.3 is 0 Å². The molecule has 3 rings (SSSR count). The van der Waals surface area contributed by atoms with Crippen LogP contribution in [0.3, 0.4) is 0 Å². The van der Waals surface area contributed by atoms with E-state index in [0.717, 1.165) is 12.8 Å². The highest BCUT2D eigenvalue weighted by molar-refractivity contribution is 5.72. The van der Waals surface area contributed by atoms with E-state index in [1.807, 2.05) is 0 Å². The molecule has 0 nitrogen and oxygen atoms in total. The fraction of sp³-hybridized carbons (Fsp3) is 0.273. The van der Waals surface area contributed by atoms with Crippen LogP contribution < -0.4 is 0 Å². The van der Waals surface area contributed by atoms with Crippen LogP contribution >= 0.6 is 0 Å². The third kappa shape index (κ3) is 3.22. The van der Waals surface area contributed by atoms with Gasteiger partial charge in [-0.15, -0.1) is 0 Å². The summed E-state index contributed by atoms with van der Waals surface area (Å²) in [7, 11) is 0. The number of hydrogen-bond donors (Lipinski definition) is 0. The third-order valence-corrected chi connectivity index (χ3v) is 4.35. The van der Waals surface area contributed by atoms with Crippen LogP contribution in [0, 0.1) is 0 Å². The lowest BCUT2D eigenvalue weighted by Crippen LogP contribution is -2.10. The van der Waals surface area contributed by atoms with E-state index >= 15 is 0 Å². The predicted molar refractivity (Wildman–Crippen MR) is 96.9 cm³/mol. The molecule has 0 saturated carbocycles. The fourth-order valence-electron chi connectivity index (χ4n) is 2.88. The van der Waals surface area contributed by atoms with Crippen LogP contribution in [0.25, 0.3) is 16.7 Å². The van der Waals surface area contributed by atoms with Crippen molar-refractivity contribution in [3.63, 3.8) is 0 Å². The molecule has 1 aliphatic rings. The van der Waals surface area contributed by atoms with Gasteiger partial charge in [0.1, 0.15) is 0 Å². The van der Waals surface area contributed by atoms with Crippen molar-refractivity contribution in [2.75, 3.05) is 0 Å². The minimum atomic E-state index is 0.212. The first-order valence-electron chi connectivity index (χ1n) is 8.11. The zero-order valence-electron chi connectivity index (χ0n) is 13.8. The van der Waals surface area contributed by atoms with Crippen LogP contribution in [-0.2, 0) is 5.41 Å². The first kappa shape index (κ1) is 14.8. The van der Waals surface area contributed by atoms with Crippen LogP contribution in [0.5, 0.6) is 0 Å². The fourth-order valence-corrected chi connectivity index (χ4v) is 2.88. The summed E-state index contributed by atoms with van der Waals surface area (Å²) in [5.74, 6) is 0. The second kappa shape index (κ2) is 5.96. The molecular formula is C22H24. The summed E-state index contributed by atoms with van der Waals surface area (Å²) >= 11 is 0. The van der Waals surface area contributed by atoms with Crippen LogP contribution in [0.2, 0.25) is 0 Å². The van der Waals surface area contributed by atoms with Gasteiger partial charge in [0.2, 0.25) is 0 Å². The van der Waals surface area contributed by atoms with E-state index in [2.05, 4.69) is 87.5 Å². The van der Waals surface area contributed by atoms with E-state index in [4.69, 9.17) is 0 Å². The predicted octanol–water partition coefficient (Wildman–Crippen LogP) is 6.38. The lowest BCUT2D eigenvalue weighted by atomic mass is 9.86. The second-order valence-corrected chi connectivity index (χ2v) is 7.06. The van der Waals surface area contributed by atoms with Gasteiger partial charge in [0.05, 0.1) is 0 Å². The summed E-state index contributed by atoms with van der Waals surface area (Å²) in [6.45, 7) is 6.76. The standard InChI is InChI=1S/C22H24/c1-22(2,3)21-15-13-20(14-16-21)19-11-9-18(10-12-19)17-7-5-4-6-8-17/h4-5,7,9-16H,6,8H2,1-3H3. The summed E-state index contributed by atoms with van der Waals surface area (Å²) in [6.07, 6.45) is 8.93. The molecule has 22 heavy (non-hydrogen) atoms. The van der Waals surface area contributed by atoms with Gasteiger partial charge in [0.15, 0.2) is 0 Å². The highest BCUT2D eigenvalue weighted by Crippen LogP contribution is 2.28. The van der Waals surface area contributed by atoms with Crippen molar-refractivity contribution in [2.24, 2.45) is 0 Å². The Bertz CT molecular complexity index is 689. The molecule has 0 radical (unpaired) electrons. The van der Waals surface area contributed by atoms with Crippen LogP contribution in [0.15, 0.2) is 66.8 Å². The SMILES string of the molecule is CC(C)(C)c1ccc(-c2ccc(C3=CC=CCC3)cc2)cc1. The molecule has 0 aromatic heterocycles. The van der Waals surface area contributed by atoms with Crippen LogP contribution in [-0.4, -0.2) is 0 Å². The Balaban J connectivity index is 1.84. The molecular weight excluding hydrogens is 264 g/mol. The van der Waals surface area contributed by atoms with Gasteiger partial charge in [-0.25, -0.2) is 0 Å². The Labute approximate surface area is 134 Å². The maximum Gasteiger partial charge on any atom is -0.0132 e. The second-order valence-electron chi connectivity index (χ2n) is 7.06. The average molecular weight is 288 g/mol. The molecule has 0 N–H and O–H groups in total. The van der Waals surface area contributed by atoms with Gasteiger partial charge in [-0.05, 0) is 46.1 Å². The number of rotatable bonds is 2. The molecule has 0 atom stereocenters. The van der Waals surface area contributed by atoms with Crippen LogP contribution in [0.1, 0.15) is 44.7 Å². The zero-order valence-corrected chi connectivity index (χ0v) is 13.8. The molecule has 0 fully saturated rings. The van der Waals surface area contributed by atoms with Gasteiger partial charge in [-0.2, -0.15) is 0 Å². The highest BCUT2D eigenvalue weighted by atomic mass is 14.2. The van der Waals surface area contributed by atoms with E-state index in [9.17, 15) is 0 Å². The minimum absolute atomic E-state index is 0.212. The topological polar surface area (TPSA) is 0 Å². The molecule has 112 valence electrons. The zero-order chi connectivity index (χ0) is 15.6. The molecule has 0 heterocycles. The summed E-state index contributed by atoms with van der Waals surface area (Å²) in [5.41, 5.74) is 6.96. The number of allylic oxidation sites excluding steroid dienone is 4. The maximum absolute atomic E-state index is 2.25. The Hall–Kier alpha value is -2.08. The molecule has 0 spiro atoms. The molecule has 2 aromatic carbocycles. The lowest BCUT2D eigenvalue weighted by Gasteiger charge is -2.19. The van der Waals surface area contributed by atoms with E-state index in [1.165, 1.54) is 27.8 Å². The quantitative estimate of drug-likeness (QED) is 0.601. The maximum atomic E-state index is 2.25. The summed E-state index contributed by atoms with van der Waals surface area (Å²) in [4.78, 5) is 0. The van der Waals surface area contributed by atoms with Gasteiger partial charge < -0.3 is 0 Å². The first-order valence-corrected chi connectivity index (χ1v) is 8.11. The number of benzene rings is 2. The van der Waals surface area contributed by atoms with Crippen molar-refractivity contribution in [1.29, 1.82) is 0 Å². The molecule has 0 aliphatic heterocycles. The van der Waals surface area contributed by atoms with Crippen molar-refractivity contribution in [3.8, 4) is 11.1 Å². The molecule has 1 aliphatic carbocycles. The number of hydrogen-bond acceptors (Lipinski definition) is 0. The lowest BCUT2D eigenvalue weighted by molar-refractivity contribution is 0.590. The van der Waals surface area contributed by atoms with Gasteiger partial charge in [0, 0.05) is 0 Å². The van der Waals surface area contributed by atoms with E-state index in [-0.39, 0.29) is 5.41 Å². The van der Waals surface area contributed by atoms with E-state index < -0.39 is 0 Å². The first-order chi connectivity index (χ1) is 10.5. The Morgan fingerprint density at radius 2 is 1.27 bits per heavy atom. The Kier molecular flexibility index (Phi) is 4.02. The average Bonchev–Trinajstić information content (AvgIpc) is 2.55. The van der Waals surface area contributed by atoms with Crippen molar-refractivity contribution < 1.29 is 0 Å². The smallest absolute Gasteiger partial charge is 0.0132 e. The minimum Gasteiger partial charge on any atom is -0.0842 e. The Morgan fingerprint density at radius 1 is 0.727 bits per heavy atom. The summed E-state index contributed by atoms with van der Waals surface area (Å²) < 4.78 is 0. The molecule has 0 heteroatoms. The molecule has 0 saturated heterocycles. The molecule has 0 amide bonds. The van der Waals surface area contributed by atoms with Gasteiger partial charge in [-0.1, -0.05) is 87.5 Å². The van der Waals surface area contributed by atoms with E-state index in [1.54, 1.807) is 0 Å². The van der Waals surface area contributed by atoms with Gasteiger partial charge in [-0.3, -0.25) is 0 Å². The largest absolute Gasteiger partial charge is 0.0842 e. The Morgan fingerprint density at radius 3 is 1.77 bits per heavy atom. The van der Waals surface area contributed by atoms with Crippen molar-refractivity contribution in [2.45, 2.75) is 39.0 Å². The third-order valence-electron chi connectivity index (χ3n) is 4.35. The molecule has 0 unspecified atom stereocenters. The van der Waals surface area contributed by atoms with E-state index in [0.29, 0.717) is 0 Å². The highest BCUT2D eigenvalue weighted by Gasteiger charge is 2.13. The monoisotopic (exact) mass is 288 g/mol. The van der Waals surface area contributed by atoms with Crippen molar-refractivity contribution >= 4 is 5.57 Å². The van der Waals surface area contributed by atoms with Crippen molar-refractivity contribution in [1.82, 2.24) is 0 Å². The summed E-state index contributed by atoms with van der Waals surface area (Å²) in [6, 6.07) is 17.9. The van der Waals surface area contributed by atoms with Gasteiger partial charge in [0.25, 0.3) is 0 Å². The van der Waals surface area contributed by atoms with Crippen molar-refractivity contribution in [3.05, 3.63) is 77.9 Å². The molecule has 2 aromatic rings. The molecule has 0 bridgehead atoms. The van der Waals surface area contributed by atoms with Crippen LogP contribution in [0.4, 0.5) is 0 Å². The normalized spacial score (nSPS) is 14.8.